The summed E-state index contributed by atoms with van der Waals surface area (Å²) < 4.78 is 5.06. The predicted octanol–water partition coefficient (Wildman–Crippen LogP) is 2.98. The first kappa shape index (κ1) is 14.5. The standard InChI is InChI=1S/C14H27NO2/c1-3-11-15(12-14(16)17-4-2)13-9-7-5-6-8-10-13/h13H,3-12H2,1-2H3. The highest BCUT2D eigenvalue weighted by atomic mass is 16.5. The molecule has 0 amide bonds. The Morgan fingerprint density at radius 1 is 1.18 bits per heavy atom. The highest BCUT2D eigenvalue weighted by Crippen LogP contribution is 2.22. The molecular formula is C14H27NO2. The average molecular weight is 241 g/mol. The predicted molar refractivity (Wildman–Crippen MR) is 70.0 cm³/mol. The number of hydrogen-bond acceptors (Lipinski definition) is 3. The fourth-order valence-corrected chi connectivity index (χ4v) is 2.67. The number of nitrogens with zero attached hydrogens (tertiary/aromatic N) is 1. The molecule has 0 aromatic carbocycles. The van der Waals surface area contributed by atoms with Crippen LogP contribution in [-0.4, -0.2) is 36.6 Å². The Labute approximate surface area is 106 Å². The molecule has 3 nitrogen and oxygen atoms in total. The molecule has 0 unspecified atom stereocenters. The third-order valence-electron chi connectivity index (χ3n) is 3.49. The Bertz CT molecular complexity index is 210. The van der Waals surface area contributed by atoms with E-state index in [1.807, 2.05) is 6.92 Å². The Balaban J connectivity index is 2.47. The molecule has 0 radical (unpaired) electrons. The van der Waals surface area contributed by atoms with Gasteiger partial charge in [0.15, 0.2) is 0 Å². The zero-order valence-corrected chi connectivity index (χ0v) is 11.4. The summed E-state index contributed by atoms with van der Waals surface area (Å²) in [6.07, 6.45) is 8.95. The van der Waals surface area contributed by atoms with E-state index in [1.165, 1.54) is 38.5 Å². The number of rotatable bonds is 6. The number of carbonyl (C=O) groups is 1. The first-order chi connectivity index (χ1) is 8.27. The zero-order valence-electron chi connectivity index (χ0n) is 11.4. The normalized spacial score (nSPS) is 18.1. The van der Waals surface area contributed by atoms with Crippen LogP contribution in [0.15, 0.2) is 0 Å². The van der Waals surface area contributed by atoms with Crippen molar-refractivity contribution in [2.45, 2.75) is 64.8 Å². The molecule has 0 N–H and O–H groups in total. The van der Waals surface area contributed by atoms with E-state index in [0.29, 0.717) is 19.2 Å². The van der Waals surface area contributed by atoms with E-state index in [-0.39, 0.29) is 5.97 Å². The van der Waals surface area contributed by atoms with Crippen LogP contribution in [0.25, 0.3) is 0 Å². The topological polar surface area (TPSA) is 29.5 Å². The molecule has 0 bridgehead atoms. The van der Waals surface area contributed by atoms with Crippen LogP contribution in [0.2, 0.25) is 0 Å². The number of hydrogen-bond donors (Lipinski definition) is 0. The van der Waals surface area contributed by atoms with Crippen molar-refractivity contribution in [3.05, 3.63) is 0 Å². The molecule has 0 aliphatic heterocycles. The van der Waals surface area contributed by atoms with Crippen molar-refractivity contribution in [1.29, 1.82) is 0 Å². The van der Waals surface area contributed by atoms with E-state index in [2.05, 4.69) is 11.8 Å². The fourth-order valence-electron chi connectivity index (χ4n) is 2.67. The van der Waals surface area contributed by atoms with Crippen LogP contribution in [0.5, 0.6) is 0 Å². The largest absolute Gasteiger partial charge is 0.465 e. The van der Waals surface area contributed by atoms with Crippen LogP contribution in [0, 0.1) is 0 Å². The molecule has 1 rings (SSSR count). The summed E-state index contributed by atoms with van der Waals surface area (Å²) >= 11 is 0. The van der Waals surface area contributed by atoms with Crippen molar-refractivity contribution in [3.8, 4) is 0 Å². The smallest absolute Gasteiger partial charge is 0.320 e. The summed E-state index contributed by atoms with van der Waals surface area (Å²) in [5.74, 6) is -0.0646. The Hall–Kier alpha value is -0.570. The molecule has 0 spiro atoms. The van der Waals surface area contributed by atoms with E-state index in [4.69, 9.17) is 4.74 Å². The summed E-state index contributed by atoms with van der Waals surface area (Å²) in [6.45, 7) is 6.03. The third-order valence-corrected chi connectivity index (χ3v) is 3.49. The van der Waals surface area contributed by atoms with Crippen molar-refractivity contribution in [3.63, 3.8) is 0 Å². The van der Waals surface area contributed by atoms with E-state index < -0.39 is 0 Å². The molecule has 1 aliphatic rings. The van der Waals surface area contributed by atoms with Crippen LogP contribution in [0.4, 0.5) is 0 Å². The monoisotopic (exact) mass is 241 g/mol. The first-order valence-electron chi connectivity index (χ1n) is 7.17. The molecule has 0 aromatic rings. The van der Waals surface area contributed by atoms with Gasteiger partial charge in [-0.05, 0) is 32.7 Å². The molecule has 0 aromatic heterocycles. The highest BCUT2D eigenvalue weighted by Gasteiger charge is 2.21. The number of ether oxygens (including phenoxy) is 1. The van der Waals surface area contributed by atoms with Crippen molar-refractivity contribution in [2.75, 3.05) is 19.7 Å². The molecule has 3 heteroatoms. The fraction of sp³-hybridized carbons (Fsp3) is 0.929. The molecule has 0 saturated heterocycles. The summed E-state index contributed by atoms with van der Waals surface area (Å²) in [4.78, 5) is 13.9. The van der Waals surface area contributed by atoms with Crippen molar-refractivity contribution in [1.82, 2.24) is 4.90 Å². The Morgan fingerprint density at radius 2 is 1.82 bits per heavy atom. The van der Waals surface area contributed by atoms with Crippen molar-refractivity contribution < 1.29 is 9.53 Å². The Kier molecular flexibility index (Phi) is 7.25. The van der Waals surface area contributed by atoms with Crippen molar-refractivity contribution >= 4 is 5.97 Å². The molecule has 0 heterocycles. The minimum Gasteiger partial charge on any atom is -0.465 e. The van der Waals surface area contributed by atoms with Gasteiger partial charge in [-0.25, -0.2) is 0 Å². The van der Waals surface area contributed by atoms with Gasteiger partial charge in [-0.15, -0.1) is 0 Å². The number of esters is 1. The maximum Gasteiger partial charge on any atom is 0.320 e. The summed E-state index contributed by atoms with van der Waals surface area (Å²) in [6, 6.07) is 0.599. The Morgan fingerprint density at radius 3 is 2.35 bits per heavy atom. The summed E-state index contributed by atoms with van der Waals surface area (Å²) in [7, 11) is 0. The molecular weight excluding hydrogens is 214 g/mol. The van der Waals surface area contributed by atoms with Gasteiger partial charge in [-0.3, -0.25) is 9.69 Å². The van der Waals surface area contributed by atoms with Gasteiger partial charge in [0.25, 0.3) is 0 Å². The first-order valence-corrected chi connectivity index (χ1v) is 7.17. The lowest BCUT2D eigenvalue weighted by atomic mass is 10.1. The van der Waals surface area contributed by atoms with Crippen LogP contribution in [-0.2, 0) is 9.53 Å². The van der Waals surface area contributed by atoms with Gasteiger partial charge in [-0.1, -0.05) is 32.6 Å². The van der Waals surface area contributed by atoms with Crippen LogP contribution in [0.1, 0.15) is 58.8 Å². The second-order valence-electron chi connectivity index (χ2n) is 4.92. The zero-order chi connectivity index (χ0) is 12.5. The van der Waals surface area contributed by atoms with E-state index >= 15 is 0 Å². The quantitative estimate of drug-likeness (QED) is 0.529. The number of carbonyl (C=O) groups excluding carboxylic acids is 1. The van der Waals surface area contributed by atoms with Gasteiger partial charge in [0, 0.05) is 6.04 Å². The molecule has 1 fully saturated rings. The highest BCUT2D eigenvalue weighted by molar-refractivity contribution is 5.71. The van der Waals surface area contributed by atoms with Gasteiger partial charge in [0.05, 0.1) is 13.2 Å². The average Bonchev–Trinajstić information content (AvgIpc) is 2.57. The van der Waals surface area contributed by atoms with E-state index in [9.17, 15) is 4.79 Å². The van der Waals surface area contributed by atoms with Gasteiger partial charge in [-0.2, -0.15) is 0 Å². The lowest BCUT2D eigenvalue weighted by Crippen LogP contribution is -2.40. The molecule has 1 saturated carbocycles. The molecule has 0 atom stereocenters. The third kappa shape index (κ3) is 5.53. The minimum atomic E-state index is -0.0646. The lowest BCUT2D eigenvalue weighted by molar-refractivity contribution is -0.145. The summed E-state index contributed by atoms with van der Waals surface area (Å²) in [5, 5.41) is 0. The van der Waals surface area contributed by atoms with E-state index in [1.54, 1.807) is 0 Å². The molecule has 1 aliphatic carbocycles. The second-order valence-corrected chi connectivity index (χ2v) is 4.92. The second kappa shape index (κ2) is 8.51. The van der Waals surface area contributed by atoms with Gasteiger partial charge >= 0.3 is 5.97 Å². The summed E-state index contributed by atoms with van der Waals surface area (Å²) in [5.41, 5.74) is 0. The van der Waals surface area contributed by atoms with Gasteiger partial charge in [0.2, 0.25) is 0 Å². The maximum absolute atomic E-state index is 11.6. The van der Waals surface area contributed by atoms with Crippen molar-refractivity contribution in [2.24, 2.45) is 0 Å². The lowest BCUT2D eigenvalue weighted by Gasteiger charge is -2.29. The maximum atomic E-state index is 11.6. The van der Waals surface area contributed by atoms with E-state index in [0.717, 1.165) is 13.0 Å². The SMILES string of the molecule is CCCN(CC(=O)OCC)C1CCCCCC1. The molecule has 100 valence electrons. The van der Waals surface area contributed by atoms with Crippen LogP contribution < -0.4 is 0 Å². The minimum absolute atomic E-state index is 0.0646. The van der Waals surface area contributed by atoms with Gasteiger partial charge < -0.3 is 4.74 Å². The van der Waals surface area contributed by atoms with Gasteiger partial charge in [0.1, 0.15) is 0 Å². The molecule has 17 heavy (non-hydrogen) atoms. The van der Waals surface area contributed by atoms with Crippen LogP contribution in [0.3, 0.4) is 0 Å². The van der Waals surface area contributed by atoms with Crippen LogP contribution >= 0.6 is 0 Å².